The van der Waals surface area contributed by atoms with Gasteiger partial charge in [0, 0.05) is 17.1 Å². The van der Waals surface area contributed by atoms with E-state index in [4.69, 9.17) is 38.2 Å². The zero-order chi connectivity index (χ0) is 22.0. The van der Waals surface area contributed by atoms with Gasteiger partial charge in [0.2, 0.25) is 0 Å². The number of hydrogen-bond donors (Lipinski definition) is 0. The first-order valence-electron chi connectivity index (χ1n) is 9.77. The molecule has 1 aromatic heterocycles. The van der Waals surface area contributed by atoms with E-state index < -0.39 is 0 Å². The second-order valence-corrected chi connectivity index (χ2v) is 8.44. The summed E-state index contributed by atoms with van der Waals surface area (Å²) >= 11 is 12.8. The summed E-state index contributed by atoms with van der Waals surface area (Å²) in [5.74, 6) is 0. The molecular formula is C25H26Cl3FeN3. The number of aryl methyl sites for hydroxylation is 4. The molecule has 0 amide bonds. The smallest absolute Gasteiger partial charge is 0.0849 e. The van der Waals surface area contributed by atoms with Crippen LogP contribution in [0.15, 0.2) is 52.4 Å². The second-order valence-electron chi connectivity index (χ2n) is 7.63. The molecule has 0 N–H and O–H groups in total. The van der Waals surface area contributed by atoms with Crippen molar-refractivity contribution in [2.75, 3.05) is 0 Å². The predicted molar refractivity (Wildman–Crippen MR) is 137 cm³/mol. The second kappa shape index (κ2) is 12.0. The summed E-state index contributed by atoms with van der Waals surface area (Å²) in [5, 5.41) is 1.29. The summed E-state index contributed by atoms with van der Waals surface area (Å²) in [7, 11) is 0. The predicted octanol–water partition coefficient (Wildman–Crippen LogP) is 8.32. The van der Waals surface area contributed by atoms with E-state index in [-0.39, 0.29) is 29.5 Å². The number of halogens is 3. The Morgan fingerprint density at radius 1 is 0.719 bits per heavy atom. The van der Waals surface area contributed by atoms with Crippen molar-refractivity contribution in [3.05, 3.63) is 86.2 Å². The Kier molecular flexibility index (Phi) is 10.6. The molecule has 0 aliphatic carbocycles. The van der Waals surface area contributed by atoms with Gasteiger partial charge in [-0.25, -0.2) is 15.0 Å². The maximum Gasteiger partial charge on any atom is 0.0849 e. The Balaban J connectivity index is 0.00000256. The molecule has 0 atom stereocenters. The van der Waals surface area contributed by atoms with Crippen LogP contribution in [0.1, 0.15) is 47.5 Å². The van der Waals surface area contributed by atoms with Gasteiger partial charge < -0.3 is 0 Å². The molecule has 0 saturated heterocycles. The van der Waals surface area contributed by atoms with Crippen molar-refractivity contribution in [3.63, 3.8) is 0 Å². The average Bonchev–Trinajstić information content (AvgIpc) is 2.67. The largest absolute Gasteiger partial charge is 0.250 e. The SMILES string of the molecule is C/C(=N\c1c(C)cc(C)cc1Cl)c1cccc(/C(C)=N/c2c(C)cc(C)cc2Cl)n1.Cl.[Fe]. The first kappa shape index (κ1) is 28.4. The summed E-state index contributed by atoms with van der Waals surface area (Å²) in [6.07, 6.45) is 0. The summed E-state index contributed by atoms with van der Waals surface area (Å²) in [6.45, 7) is 12.0. The van der Waals surface area contributed by atoms with Crippen LogP contribution < -0.4 is 0 Å². The van der Waals surface area contributed by atoms with E-state index in [0.717, 1.165) is 56.4 Å². The molecule has 170 valence electrons. The third-order valence-corrected chi connectivity index (χ3v) is 5.42. The first-order chi connectivity index (χ1) is 14.2. The number of benzene rings is 2. The van der Waals surface area contributed by atoms with Gasteiger partial charge in [-0.2, -0.15) is 0 Å². The van der Waals surface area contributed by atoms with E-state index in [1.54, 1.807) is 0 Å². The van der Waals surface area contributed by atoms with Gasteiger partial charge in [0.25, 0.3) is 0 Å². The monoisotopic (exact) mass is 529 g/mol. The van der Waals surface area contributed by atoms with Gasteiger partial charge in [0.1, 0.15) is 0 Å². The minimum Gasteiger partial charge on any atom is -0.250 e. The van der Waals surface area contributed by atoms with Crippen molar-refractivity contribution >= 4 is 58.4 Å². The van der Waals surface area contributed by atoms with Gasteiger partial charge in [-0.05, 0) is 88.1 Å². The van der Waals surface area contributed by atoms with Crippen LogP contribution in [0.25, 0.3) is 0 Å². The van der Waals surface area contributed by atoms with E-state index in [1.807, 2.05) is 71.9 Å². The van der Waals surface area contributed by atoms with Crippen molar-refractivity contribution in [2.45, 2.75) is 41.5 Å². The standard InChI is InChI=1S/C25H25Cl2N3.ClH.Fe/c1-14-10-16(3)24(20(26)12-14)28-18(5)22-8-7-9-23(30-22)19(6)29-25-17(4)11-15(2)13-21(25)27;;/h7-13H,1-6H3;1H;/b28-18+,29-19+;;. The molecule has 32 heavy (non-hydrogen) atoms. The average molecular weight is 531 g/mol. The quantitative estimate of drug-likeness (QED) is 0.247. The van der Waals surface area contributed by atoms with E-state index in [1.165, 1.54) is 0 Å². The Labute approximate surface area is 217 Å². The summed E-state index contributed by atoms with van der Waals surface area (Å²) in [5.41, 5.74) is 9.02. The van der Waals surface area contributed by atoms with Gasteiger partial charge >= 0.3 is 0 Å². The van der Waals surface area contributed by atoms with Crippen LogP contribution in [0.2, 0.25) is 10.0 Å². The molecule has 0 bridgehead atoms. The van der Waals surface area contributed by atoms with Crippen molar-refractivity contribution in [1.82, 2.24) is 4.98 Å². The molecule has 3 rings (SSSR count). The molecular weight excluding hydrogens is 505 g/mol. The number of pyridine rings is 1. The number of aliphatic imine (C=N–C) groups is 2. The number of aromatic nitrogens is 1. The van der Waals surface area contributed by atoms with Crippen molar-refractivity contribution in [3.8, 4) is 0 Å². The first-order valence-corrected chi connectivity index (χ1v) is 10.5. The maximum absolute atomic E-state index is 6.42. The molecule has 2 aromatic carbocycles. The summed E-state index contributed by atoms with van der Waals surface area (Å²) in [4.78, 5) is 14.3. The fourth-order valence-electron chi connectivity index (χ4n) is 3.39. The molecule has 7 heteroatoms. The van der Waals surface area contributed by atoms with Crippen LogP contribution in [0, 0.1) is 27.7 Å². The summed E-state index contributed by atoms with van der Waals surface area (Å²) in [6, 6.07) is 13.8. The molecule has 0 fully saturated rings. The number of rotatable bonds is 4. The fraction of sp³-hybridized carbons (Fsp3) is 0.240. The van der Waals surface area contributed by atoms with E-state index in [2.05, 4.69) is 12.1 Å². The Morgan fingerprint density at radius 2 is 1.09 bits per heavy atom. The molecule has 0 radical (unpaired) electrons. The molecule has 0 spiro atoms. The molecule has 0 aliphatic rings. The van der Waals surface area contributed by atoms with E-state index in [0.29, 0.717) is 10.0 Å². The van der Waals surface area contributed by atoms with Crippen molar-refractivity contribution in [2.24, 2.45) is 9.98 Å². The maximum atomic E-state index is 6.42. The van der Waals surface area contributed by atoms with Crippen molar-refractivity contribution in [1.29, 1.82) is 0 Å². The van der Waals surface area contributed by atoms with Crippen LogP contribution in [0.5, 0.6) is 0 Å². The van der Waals surface area contributed by atoms with Gasteiger partial charge in [0.15, 0.2) is 0 Å². The zero-order valence-corrected chi connectivity index (χ0v) is 22.3. The Morgan fingerprint density at radius 3 is 1.44 bits per heavy atom. The van der Waals surface area contributed by atoms with E-state index in [9.17, 15) is 0 Å². The Hall–Kier alpha value is -1.68. The van der Waals surface area contributed by atoms with Crippen LogP contribution >= 0.6 is 35.6 Å². The molecule has 1 heterocycles. The van der Waals surface area contributed by atoms with Crippen molar-refractivity contribution < 1.29 is 17.1 Å². The molecule has 3 aromatic rings. The third-order valence-electron chi connectivity index (χ3n) is 4.85. The van der Waals surface area contributed by atoms with E-state index >= 15 is 0 Å². The van der Waals surface area contributed by atoms with Crippen LogP contribution in [0.3, 0.4) is 0 Å². The van der Waals surface area contributed by atoms with Crippen LogP contribution in [0.4, 0.5) is 11.4 Å². The Bertz CT molecular complexity index is 1050. The minimum absolute atomic E-state index is 0. The topological polar surface area (TPSA) is 37.6 Å². The zero-order valence-electron chi connectivity index (χ0n) is 18.9. The molecule has 0 unspecified atom stereocenters. The third kappa shape index (κ3) is 6.66. The fourth-order valence-corrected chi connectivity index (χ4v) is 4.11. The minimum atomic E-state index is 0. The van der Waals surface area contributed by atoms with Crippen LogP contribution in [-0.2, 0) is 17.1 Å². The number of hydrogen-bond acceptors (Lipinski definition) is 3. The summed E-state index contributed by atoms with van der Waals surface area (Å²) < 4.78 is 0. The van der Waals surface area contributed by atoms with Gasteiger partial charge in [0.05, 0.1) is 44.2 Å². The normalized spacial score (nSPS) is 11.6. The van der Waals surface area contributed by atoms with Gasteiger partial charge in [-0.15, -0.1) is 12.4 Å². The van der Waals surface area contributed by atoms with Gasteiger partial charge in [-0.1, -0.05) is 41.4 Å². The van der Waals surface area contributed by atoms with Gasteiger partial charge in [-0.3, -0.25) is 0 Å². The molecule has 3 nitrogen and oxygen atoms in total. The number of nitrogens with zero attached hydrogens (tertiary/aromatic N) is 3. The molecule has 0 aliphatic heterocycles. The molecule has 0 saturated carbocycles. The van der Waals surface area contributed by atoms with Crippen LogP contribution in [-0.4, -0.2) is 16.4 Å².